The summed E-state index contributed by atoms with van der Waals surface area (Å²) in [5, 5.41) is 5.40. The van der Waals surface area contributed by atoms with Gasteiger partial charge in [0.2, 0.25) is 5.91 Å². The van der Waals surface area contributed by atoms with Crippen LogP contribution in [0, 0.1) is 0 Å². The number of fused-ring (bicyclic) bond motifs is 3. The largest absolute Gasteiger partial charge is 0.416 e. The van der Waals surface area contributed by atoms with Crippen LogP contribution >= 0.6 is 23.2 Å². The Hall–Kier alpha value is -3.48. The van der Waals surface area contributed by atoms with E-state index < -0.39 is 12.1 Å². The van der Waals surface area contributed by atoms with Crippen molar-refractivity contribution in [2.24, 2.45) is 0 Å². The van der Waals surface area contributed by atoms with Gasteiger partial charge in [0.1, 0.15) is 11.8 Å². The van der Waals surface area contributed by atoms with Crippen molar-refractivity contribution in [2.75, 3.05) is 11.9 Å². The van der Waals surface area contributed by atoms with Gasteiger partial charge in [-0.1, -0.05) is 42.5 Å². The maximum absolute atomic E-state index is 13.3. The van der Waals surface area contributed by atoms with E-state index in [-0.39, 0.29) is 11.3 Å². The van der Waals surface area contributed by atoms with Crippen molar-refractivity contribution < 1.29 is 14.3 Å². The van der Waals surface area contributed by atoms with Gasteiger partial charge in [-0.05, 0) is 66.4 Å². The summed E-state index contributed by atoms with van der Waals surface area (Å²) < 4.78 is 5.70. The van der Waals surface area contributed by atoms with E-state index in [1.54, 1.807) is 29.2 Å². The van der Waals surface area contributed by atoms with Crippen LogP contribution in [0.3, 0.4) is 0 Å². The first-order valence-corrected chi connectivity index (χ1v) is 12.1. The molecule has 0 bridgehead atoms. The summed E-state index contributed by atoms with van der Waals surface area (Å²) in [4.78, 5) is 30.3. The van der Waals surface area contributed by atoms with Crippen LogP contribution in [-0.2, 0) is 11.2 Å². The predicted octanol–water partition coefficient (Wildman–Crippen LogP) is 4.51. The number of benzene rings is 2. The molecule has 6 nitrogen and oxygen atoms in total. The molecule has 2 amide bonds. The maximum atomic E-state index is 13.3. The van der Waals surface area contributed by atoms with Gasteiger partial charge in [-0.2, -0.15) is 0 Å². The van der Waals surface area contributed by atoms with Crippen LogP contribution in [0.25, 0.3) is 12.2 Å². The summed E-state index contributed by atoms with van der Waals surface area (Å²) in [6, 6.07) is 13.7. The Kier molecular flexibility index (Phi) is 6.41. The van der Waals surface area contributed by atoms with Crippen molar-refractivity contribution in [2.45, 2.75) is 24.3 Å². The molecule has 2 heterocycles. The van der Waals surface area contributed by atoms with Gasteiger partial charge in [-0.15, -0.1) is 11.6 Å². The highest BCUT2D eigenvalue weighted by Gasteiger charge is 2.35. The normalized spacial score (nSPS) is 18.4. The molecule has 0 saturated heterocycles. The molecular formula is C27H23Cl2N3O3. The number of nitrogens with one attached hydrogen (secondary N) is 2. The number of halogens is 2. The number of hydrogen-bond acceptors (Lipinski definition) is 3. The molecule has 0 saturated carbocycles. The quantitative estimate of drug-likeness (QED) is 0.403. The number of carbonyl (C=O) groups excluding carboxylic acids is 2. The molecule has 0 spiro atoms. The number of aromatic amines is 1. The Balaban J connectivity index is 1.54. The molecule has 3 aromatic rings. The number of aromatic nitrogens is 1. The van der Waals surface area contributed by atoms with E-state index in [1.165, 1.54) is 6.08 Å². The first kappa shape index (κ1) is 23.3. The minimum absolute atomic E-state index is 0.0542. The zero-order chi connectivity index (χ0) is 24.5. The van der Waals surface area contributed by atoms with E-state index in [4.69, 9.17) is 27.9 Å². The zero-order valence-electron chi connectivity index (χ0n) is 18.8. The Morgan fingerprint density at radius 3 is 2.60 bits per heavy atom. The highest BCUT2D eigenvalue weighted by Crippen LogP contribution is 2.34. The number of carbonyl (C=O) groups is 2. The van der Waals surface area contributed by atoms with Crippen LogP contribution in [0.1, 0.15) is 29.3 Å². The molecule has 35 heavy (non-hydrogen) atoms. The maximum Gasteiger partial charge on any atom is 0.416 e. The van der Waals surface area contributed by atoms with Gasteiger partial charge in [-0.3, -0.25) is 9.69 Å². The second-order valence-corrected chi connectivity index (χ2v) is 9.45. The minimum atomic E-state index is -0.456. The van der Waals surface area contributed by atoms with E-state index in [2.05, 4.69) is 29.0 Å². The van der Waals surface area contributed by atoms with Crippen molar-refractivity contribution in [3.63, 3.8) is 0 Å². The topological polar surface area (TPSA) is 74.4 Å². The molecule has 0 fully saturated rings. The third-order valence-corrected chi connectivity index (χ3v) is 6.78. The first-order valence-electron chi connectivity index (χ1n) is 11.3. The van der Waals surface area contributed by atoms with Crippen LogP contribution in [0.15, 0.2) is 61.2 Å². The van der Waals surface area contributed by atoms with E-state index in [0.717, 1.165) is 33.8 Å². The summed E-state index contributed by atoms with van der Waals surface area (Å²) in [5.74, 6) is 0.133. The van der Waals surface area contributed by atoms with Crippen molar-refractivity contribution in [1.29, 1.82) is 0 Å². The standard InChI is InChI=1S/C27H23Cl2N3O3/c1-2-24(33)30-19-8-3-16(4-9-19)26-25-21(22-15-18(29)7-12-23(22)31-25)13-14-32(26)27(34)35-20-10-5-17(28)6-11-20/h2-6,8-12,15,18,26,31H,1,7,13-14H2,(H,30,33). The molecule has 1 aromatic heterocycles. The van der Waals surface area contributed by atoms with E-state index in [0.29, 0.717) is 29.4 Å². The Labute approximate surface area is 212 Å². The van der Waals surface area contributed by atoms with E-state index >= 15 is 0 Å². The predicted molar refractivity (Wildman–Crippen MR) is 138 cm³/mol. The molecule has 2 aromatic carbocycles. The molecule has 0 radical (unpaired) electrons. The lowest BCUT2D eigenvalue weighted by Gasteiger charge is -2.35. The van der Waals surface area contributed by atoms with Crippen LogP contribution in [0.5, 0.6) is 5.75 Å². The first-order chi connectivity index (χ1) is 16.9. The van der Waals surface area contributed by atoms with Crippen molar-refractivity contribution in [3.8, 4) is 5.75 Å². The van der Waals surface area contributed by atoms with Crippen LogP contribution in [0.4, 0.5) is 10.5 Å². The highest BCUT2D eigenvalue weighted by molar-refractivity contribution is 6.30. The molecule has 2 unspecified atom stereocenters. The number of hydrogen-bond donors (Lipinski definition) is 2. The number of H-pyrrole nitrogens is 1. The molecule has 2 N–H and O–H groups in total. The van der Waals surface area contributed by atoms with Gasteiger partial charge in [-0.25, -0.2) is 4.79 Å². The summed E-state index contributed by atoms with van der Waals surface area (Å²) in [7, 11) is 0. The molecule has 2 atom stereocenters. The Morgan fingerprint density at radius 1 is 1.14 bits per heavy atom. The van der Waals surface area contributed by atoms with Crippen molar-refractivity contribution in [3.05, 3.63) is 93.6 Å². The number of amides is 2. The average molecular weight is 508 g/mol. The highest BCUT2D eigenvalue weighted by atomic mass is 35.5. The lowest BCUT2D eigenvalue weighted by molar-refractivity contribution is -0.111. The molecule has 1 aliphatic heterocycles. The minimum Gasteiger partial charge on any atom is -0.410 e. The fraction of sp³-hybridized carbons (Fsp3) is 0.185. The number of nitrogens with zero attached hydrogens (tertiary/aromatic N) is 1. The summed E-state index contributed by atoms with van der Waals surface area (Å²) in [6.07, 6.45) is 6.37. The Morgan fingerprint density at radius 2 is 1.89 bits per heavy atom. The fourth-order valence-corrected chi connectivity index (χ4v) is 4.93. The molecule has 8 heteroatoms. The molecule has 1 aliphatic carbocycles. The van der Waals surface area contributed by atoms with Crippen molar-refractivity contribution >= 4 is 53.0 Å². The zero-order valence-corrected chi connectivity index (χ0v) is 20.3. The molecule has 178 valence electrons. The van der Waals surface area contributed by atoms with Gasteiger partial charge in [0.25, 0.3) is 0 Å². The van der Waals surface area contributed by atoms with Crippen molar-refractivity contribution in [1.82, 2.24) is 9.88 Å². The summed E-state index contributed by atoms with van der Waals surface area (Å²) >= 11 is 12.4. The number of ether oxygens (including phenoxy) is 1. The second-order valence-electron chi connectivity index (χ2n) is 8.45. The average Bonchev–Trinajstić information content (AvgIpc) is 3.23. The van der Waals surface area contributed by atoms with E-state index in [1.807, 2.05) is 24.3 Å². The number of rotatable bonds is 4. The smallest absolute Gasteiger partial charge is 0.410 e. The van der Waals surface area contributed by atoms with Gasteiger partial charge in [0.15, 0.2) is 0 Å². The SMILES string of the molecule is C=CC(=O)Nc1ccc(C2c3[nH]c4c(c3CCN2C(=O)Oc2ccc(Cl)cc2)=CC(Cl)CC=4)cc1. The summed E-state index contributed by atoms with van der Waals surface area (Å²) in [5.41, 5.74) is 3.63. The number of anilines is 1. The third-order valence-electron chi connectivity index (χ3n) is 6.22. The lowest BCUT2D eigenvalue weighted by Crippen LogP contribution is -2.43. The molecule has 5 rings (SSSR count). The molecular weight excluding hydrogens is 485 g/mol. The van der Waals surface area contributed by atoms with Gasteiger partial charge < -0.3 is 15.0 Å². The van der Waals surface area contributed by atoms with Crippen LogP contribution < -0.4 is 20.6 Å². The van der Waals surface area contributed by atoms with Crippen LogP contribution in [-0.4, -0.2) is 33.8 Å². The summed E-state index contributed by atoms with van der Waals surface area (Å²) in [6.45, 7) is 3.96. The van der Waals surface area contributed by atoms with Gasteiger partial charge in [0.05, 0.1) is 5.38 Å². The molecule has 2 aliphatic rings. The monoisotopic (exact) mass is 507 g/mol. The number of alkyl halides is 1. The van der Waals surface area contributed by atoms with Gasteiger partial charge in [0, 0.05) is 33.5 Å². The van der Waals surface area contributed by atoms with Gasteiger partial charge >= 0.3 is 6.09 Å². The lowest BCUT2D eigenvalue weighted by atomic mass is 9.92. The third kappa shape index (κ3) is 4.72. The van der Waals surface area contributed by atoms with Crippen LogP contribution in [0.2, 0.25) is 5.02 Å². The second kappa shape index (κ2) is 9.64. The fourth-order valence-electron chi connectivity index (χ4n) is 4.59. The van der Waals surface area contributed by atoms with E-state index in [9.17, 15) is 9.59 Å². The Bertz CT molecular complexity index is 1410.